The molecule has 0 aromatic heterocycles. The molecule has 0 bridgehead atoms. The van der Waals surface area contributed by atoms with Gasteiger partial charge in [0.2, 0.25) is 0 Å². The third-order valence-corrected chi connectivity index (χ3v) is 2.65. The van der Waals surface area contributed by atoms with Gasteiger partial charge in [-0.25, -0.2) is 0 Å². The number of benzene rings is 1. The SMILES string of the molecule is F[B-](F)(F)c1cc(Cl)ccc1C1CC1.[K+]. The van der Waals surface area contributed by atoms with Crippen LogP contribution in [0.1, 0.15) is 24.3 Å². The van der Waals surface area contributed by atoms with Crippen LogP contribution in [0.2, 0.25) is 5.02 Å². The fourth-order valence-electron chi connectivity index (χ4n) is 1.60. The molecule has 1 aliphatic rings. The van der Waals surface area contributed by atoms with Crippen LogP contribution in [0.3, 0.4) is 0 Å². The van der Waals surface area contributed by atoms with Gasteiger partial charge in [-0.3, -0.25) is 0 Å². The van der Waals surface area contributed by atoms with E-state index in [0.717, 1.165) is 18.9 Å². The maximum absolute atomic E-state index is 12.6. The molecule has 0 N–H and O–H groups in total. The molecule has 0 nitrogen and oxygen atoms in total. The Kier molecular flexibility index (Phi) is 4.79. The third kappa shape index (κ3) is 3.48. The van der Waals surface area contributed by atoms with Gasteiger partial charge in [0.05, 0.1) is 0 Å². The van der Waals surface area contributed by atoms with Crippen molar-refractivity contribution in [3.8, 4) is 0 Å². The first-order chi connectivity index (χ1) is 6.48. The van der Waals surface area contributed by atoms with Crippen LogP contribution in [-0.4, -0.2) is 6.98 Å². The number of rotatable bonds is 2. The van der Waals surface area contributed by atoms with Crippen LogP contribution in [0.4, 0.5) is 12.9 Å². The molecule has 1 aromatic rings. The van der Waals surface area contributed by atoms with E-state index in [-0.39, 0.29) is 62.3 Å². The van der Waals surface area contributed by atoms with Gasteiger partial charge in [-0.2, -0.15) is 0 Å². The zero-order valence-electron chi connectivity index (χ0n) is 8.31. The molecule has 0 aliphatic heterocycles. The first kappa shape index (κ1) is 14.1. The molecule has 0 heterocycles. The summed E-state index contributed by atoms with van der Waals surface area (Å²) in [5.41, 5.74) is -0.0955. The van der Waals surface area contributed by atoms with Gasteiger partial charge >= 0.3 is 58.4 Å². The summed E-state index contributed by atoms with van der Waals surface area (Å²) < 4.78 is 37.9. The van der Waals surface area contributed by atoms with E-state index in [0.29, 0.717) is 5.56 Å². The molecule has 0 unspecified atom stereocenters. The topological polar surface area (TPSA) is 0 Å². The Labute approximate surface area is 134 Å². The van der Waals surface area contributed by atoms with Crippen molar-refractivity contribution in [1.29, 1.82) is 0 Å². The van der Waals surface area contributed by atoms with Crippen molar-refractivity contribution in [3.05, 3.63) is 28.8 Å². The second kappa shape index (κ2) is 5.11. The van der Waals surface area contributed by atoms with Crippen molar-refractivity contribution in [2.24, 2.45) is 0 Å². The molecule has 0 radical (unpaired) electrons. The summed E-state index contributed by atoms with van der Waals surface area (Å²) in [6.45, 7) is -4.93. The zero-order chi connectivity index (χ0) is 10.3. The largest absolute Gasteiger partial charge is 1.00 e. The summed E-state index contributed by atoms with van der Waals surface area (Å²) in [5, 5.41) is 0.156. The maximum Gasteiger partial charge on any atom is 1.00 e. The average Bonchev–Trinajstić information content (AvgIpc) is 2.85. The molecule has 76 valence electrons. The summed E-state index contributed by atoms with van der Waals surface area (Å²) in [7, 11) is 0. The fraction of sp³-hybridized carbons (Fsp3) is 0.333. The van der Waals surface area contributed by atoms with Crippen LogP contribution in [-0.2, 0) is 0 Å². The minimum Gasteiger partial charge on any atom is -0.445 e. The van der Waals surface area contributed by atoms with Crippen LogP contribution in [0.15, 0.2) is 18.2 Å². The molecule has 0 amide bonds. The molecule has 0 saturated heterocycles. The molecule has 1 aliphatic carbocycles. The number of hydrogen-bond acceptors (Lipinski definition) is 0. The molecule has 1 aromatic carbocycles. The maximum atomic E-state index is 12.6. The van der Waals surface area contributed by atoms with Crippen LogP contribution in [0.25, 0.3) is 0 Å². The monoisotopic (exact) mass is 258 g/mol. The number of hydrogen-bond donors (Lipinski definition) is 0. The average molecular weight is 259 g/mol. The second-order valence-corrected chi connectivity index (χ2v) is 4.06. The smallest absolute Gasteiger partial charge is 0.445 e. The molecular weight excluding hydrogens is 250 g/mol. The van der Waals surface area contributed by atoms with Gasteiger partial charge < -0.3 is 12.9 Å². The van der Waals surface area contributed by atoms with Crippen molar-refractivity contribution in [3.63, 3.8) is 0 Å². The van der Waals surface area contributed by atoms with E-state index in [1.807, 2.05) is 0 Å². The van der Waals surface area contributed by atoms with E-state index in [4.69, 9.17) is 11.6 Å². The molecule has 0 atom stereocenters. The van der Waals surface area contributed by atoms with Gasteiger partial charge in [-0.05, 0) is 24.8 Å². The van der Waals surface area contributed by atoms with Gasteiger partial charge in [0.1, 0.15) is 0 Å². The van der Waals surface area contributed by atoms with Crippen LogP contribution in [0, 0.1) is 0 Å². The van der Waals surface area contributed by atoms with Gasteiger partial charge in [-0.15, -0.1) is 5.46 Å². The van der Waals surface area contributed by atoms with Crippen LogP contribution in [0.5, 0.6) is 0 Å². The van der Waals surface area contributed by atoms with E-state index < -0.39 is 12.4 Å². The van der Waals surface area contributed by atoms with Crippen molar-refractivity contribution >= 4 is 24.0 Å². The predicted octanol–water partition coefficient (Wildman–Crippen LogP) is 0.276. The normalized spacial score (nSPS) is 16.0. The molecule has 15 heavy (non-hydrogen) atoms. The molecular formula is C9H8BClF3K. The third-order valence-electron chi connectivity index (χ3n) is 2.42. The summed E-state index contributed by atoms with van der Waals surface area (Å²) in [6, 6.07) is 4.07. The Morgan fingerprint density at radius 2 is 1.80 bits per heavy atom. The van der Waals surface area contributed by atoms with E-state index in [9.17, 15) is 12.9 Å². The first-order valence-electron chi connectivity index (χ1n) is 4.48. The molecule has 1 fully saturated rings. The van der Waals surface area contributed by atoms with Gasteiger partial charge in [0, 0.05) is 5.02 Å². The predicted molar refractivity (Wildman–Crippen MR) is 52.1 cm³/mol. The van der Waals surface area contributed by atoms with E-state index in [2.05, 4.69) is 0 Å². The first-order valence-corrected chi connectivity index (χ1v) is 4.85. The van der Waals surface area contributed by atoms with Gasteiger partial charge in [-0.1, -0.05) is 29.3 Å². The van der Waals surface area contributed by atoms with Gasteiger partial charge in [0.15, 0.2) is 0 Å². The molecule has 6 heteroatoms. The molecule has 0 spiro atoms. The van der Waals surface area contributed by atoms with Crippen LogP contribution >= 0.6 is 11.6 Å². The quantitative estimate of drug-likeness (QED) is 0.669. The van der Waals surface area contributed by atoms with E-state index in [1.165, 1.54) is 12.1 Å². The van der Waals surface area contributed by atoms with Gasteiger partial charge in [0.25, 0.3) is 0 Å². The summed E-state index contributed by atoms with van der Waals surface area (Å²) in [4.78, 5) is 0. The Morgan fingerprint density at radius 3 is 2.27 bits per heavy atom. The Balaban J connectivity index is 0.00000112. The minimum absolute atomic E-state index is 0. The number of halogens is 4. The fourth-order valence-corrected chi connectivity index (χ4v) is 1.78. The van der Waals surface area contributed by atoms with Crippen molar-refractivity contribution in [2.45, 2.75) is 18.8 Å². The molecule has 1 saturated carbocycles. The zero-order valence-corrected chi connectivity index (χ0v) is 12.2. The Hall–Kier alpha value is 1.00. The standard InChI is InChI=1S/C9H8BClF3.K/c11-7-3-4-8(6-1-2-6)9(5-7)10(12,13)14;/h3-6H,1-2H2;/q-1;+1. The Morgan fingerprint density at radius 1 is 1.20 bits per heavy atom. The second-order valence-electron chi connectivity index (χ2n) is 3.62. The summed E-state index contributed by atoms with van der Waals surface area (Å²) in [6.07, 6.45) is 1.72. The summed E-state index contributed by atoms with van der Waals surface area (Å²) in [5.74, 6) is 0.103. The molecule has 2 rings (SSSR count). The Bertz CT molecular complexity index is 363. The van der Waals surface area contributed by atoms with Crippen molar-refractivity contribution in [1.82, 2.24) is 0 Å². The van der Waals surface area contributed by atoms with Crippen molar-refractivity contribution < 1.29 is 64.3 Å². The van der Waals surface area contributed by atoms with E-state index in [1.54, 1.807) is 0 Å². The minimum atomic E-state index is -4.93. The van der Waals surface area contributed by atoms with E-state index >= 15 is 0 Å². The van der Waals surface area contributed by atoms with Crippen molar-refractivity contribution in [2.75, 3.05) is 0 Å². The summed E-state index contributed by atoms with van der Waals surface area (Å²) >= 11 is 5.56. The van der Waals surface area contributed by atoms with Crippen LogP contribution < -0.4 is 56.8 Å².